The molecule has 0 unspecified atom stereocenters. The van der Waals surface area contributed by atoms with Gasteiger partial charge in [0.25, 0.3) is 0 Å². The highest BCUT2D eigenvalue weighted by molar-refractivity contribution is 5.87. The van der Waals surface area contributed by atoms with Crippen molar-refractivity contribution >= 4 is 17.2 Å². The maximum Gasteiger partial charge on any atom is 0.150 e. The normalized spacial score (nSPS) is 8.87. The molecule has 1 aromatic heterocycles. The number of benzene rings is 1. The smallest absolute Gasteiger partial charge is 0.150 e. The third kappa shape index (κ3) is 2.47. The van der Waals surface area contributed by atoms with Crippen molar-refractivity contribution < 1.29 is 4.79 Å². The lowest BCUT2D eigenvalue weighted by molar-refractivity contribution is 0.112. The van der Waals surface area contributed by atoms with Crippen LogP contribution in [0, 0.1) is 12.3 Å². The molecule has 0 aliphatic rings. The Morgan fingerprint density at radius 1 is 1.40 bits per heavy atom. The van der Waals surface area contributed by atoms with Crippen molar-refractivity contribution in [3.05, 3.63) is 36.0 Å². The Morgan fingerprint density at radius 2 is 2.07 bits per heavy atom. The van der Waals surface area contributed by atoms with Crippen LogP contribution in [0.4, 0.5) is 0 Å². The molecule has 0 atom stereocenters. The molecule has 2 nitrogen and oxygen atoms in total. The minimum absolute atomic E-state index is 0.726. The number of aryl methyl sites for hydroxylation is 1. The van der Waals surface area contributed by atoms with Crippen LogP contribution in [0.5, 0.6) is 0 Å². The first-order chi connectivity index (χ1) is 7.22. The van der Waals surface area contributed by atoms with Crippen LogP contribution in [0.25, 0.3) is 10.9 Å². The second-order valence-electron chi connectivity index (χ2n) is 3.15. The molecule has 0 saturated heterocycles. The number of terminal acetylenes is 1. The van der Waals surface area contributed by atoms with Gasteiger partial charge in [-0.25, -0.2) is 0 Å². The number of fused-ring (bicyclic) bond motifs is 1. The molecule has 2 rings (SSSR count). The largest absolute Gasteiger partial charge is 0.351 e. The third-order valence-electron chi connectivity index (χ3n) is 2.05. The lowest BCUT2D eigenvalue weighted by atomic mass is 10.2. The lowest BCUT2D eigenvalue weighted by Crippen LogP contribution is -1.85. The Balaban J connectivity index is 0.000000337. The molecule has 2 heteroatoms. The average molecular weight is 199 g/mol. The number of aldehydes is 1. The molecule has 0 N–H and O–H groups in total. The molecular formula is C13H13NO. The molecule has 1 heterocycles. The summed E-state index contributed by atoms with van der Waals surface area (Å²) in [6, 6.07) is 7.71. The van der Waals surface area contributed by atoms with E-state index in [0.717, 1.165) is 17.4 Å². The standard InChI is InChI=1S/C10H9NO.C3H4/c1-11-5-4-9-3-2-8(7-12)6-10(9)11;1-3-2/h2-7H,1H3;1H,2H3. The van der Waals surface area contributed by atoms with Gasteiger partial charge in [0, 0.05) is 24.3 Å². The predicted molar refractivity (Wildman–Crippen MR) is 62.8 cm³/mol. The van der Waals surface area contributed by atoms with Crippen LogP contribution in [-0.4, -0.2) is 10.9 Å². The summed E-state index contributed by atoms with van der Waals surface area (Å²) in [7, 11) is 1.97. The molecule has 15 heavy (non-hydrogen) atoms. The Morgan fingerprint density at radius 3 is 2.67 bits per heavy atom. The molecule has 0 saturated carbocycles. The van der Waals surface area contributed by atoms with E-state index in [1.165, 1.54) is 5.39 Å². The number of rotatable bonds is 1. The van der Waals surface area contributed by atoms with Crippen molar-refractivity contribution in [2.45, 2.75) is 6.92 Å². The summed E-state index contributed by atoms with van der Waals surface area (Å²) in [5.41, 5.74) is 1.82. The lowest BCUT2D eigenvalue weighted by Gasteiger charge is -1.95. The van der Waals surface area contributed by atoms with E-state index < -0.39 is 0 Å². The highest BCUT2D eigenvalue weighted by Gasteiger charge is 1.97. The maximum absolute atomic E-state index is 10.5. The molecular weight excluding hydrogens is 186 g/mol. The summed E-state index contributed by atoms with van der Waals surface area (Å²) in [4.78, 5) is 10.5. The van der Waals surface area contributed by atoms with Crippen LogP contribution in [-0.2, 0) is 7.05 Å². The maximum atomic E-state index is 10.5. The second kappa shape index (κ2) is 5.02. The summed E-state index contributed by atoms with van der Waals surface area (Å²) in [5.74, 6) is 2.25. The Labute approximate surface area is 89.5 Å². The van der Waals surface area contributed by atoms with Crippen LogP contribution >= 0.6 is 0 Å². The molecule has 0 aliphatic heterocycles. The van der Waals surface area contributed by atoms with Gasteiger partial charge in [-0.05, 0) is 24.4 Å². The van der Waals surface area contributed by atoms with Gasteiger partial charge in [0.1, 0.15) is 6.29 Å². The van der Waals surface area contributed by atoms with Crippen molar-refractivity contribution in [3.63, 3.8) is 0 Å². The number of hydrogen-bond acceptors (Lipinski definition) is 1. The van der Waals surface area contributed by atoms with Gasteiger partial charge in [0.2, 0.25) is 0 Å². The van der Waals surface area contributed by atoms with E-state index in [4.69, 9.17) is 0 Å². The van der Waals surface area contributed by atoms with Gasteiger partial charge in [0.05, 0.1) is 0 Å². The molecule has 0 radical (unpaired) electrons. The quantitative estimate of drug-likeness (QED) is 0.511. The molecule has 0 aliphatic carbocycles. The Bertz CT molecular complexity index is 503. The minimum atomic E-state index is 0.726. The summed E-state index contributed by atoms with van der Waals surface area (Å²) in [6.45, 7) is 1.65. The molecule has 0 fully saturated rings. The van der Waals surface area contributed by atoms with Gasteiger partial charge in [-0.2, -0.15) is 0 Å². The summed E-state index contributed by atoms with van der Waals surface area (Å²) >= 11 is 0. The van der Waals surface area contributed by atoms with E-state index in [9.17, 15) is 4.79 Å². The number of carbonyl (C=O) groups is 1. The highest BCUT2D eigenvalue weighted by atomic mass is 16.1. The minimum Gasteiger partial charge on any atom is -0.351 e. The first kappa shape index (κ1) is 11.1. The fourth-order valence-corrected chi connectivity index (χ4v) is 1.35. The van der Waals surface area contributed by atoms with E-state index in [-0.39, 0.29) is 0 Å². The second-order valence-corrected chi connectivity index (χ2v) is 3.15. The fraction of sp³-hybridized carbons (Fsp3) is 0.154. The Kier molecular flexibility index (Phi) is 3.70. The van der Waals surface area contributed by atoms with E-state index in [0.29, 0.717) is 0 Å². The SMILES string of the molecule is C#CC.Cn1ccc2ccc(C=O)cc21. The number of nitrogens with zero attached hydrogens (tertiary/aromatic N) is 1. The zero-order chi connectivity index (χ0) is 11.3. The molecule has 0 amide bonds. The molecule has 2 aromatic rings. The van der Waals surface area contributed by atoms with Crippen LogP contribution in [0.2, 0.25) is 0 Å². The van der Waals surface area contributed by atoms with Crippen molar-refractivity contribution in [1.82, 2.24) is 4.57 Å². The molecule has 0 bridgehead atoms. The van der Waals surface area contributed by atoms with Gasteiger partial charge >= 0.3 is 0 Å². The molecule has 0 spiro atoms. The van der Waals surface area contributed by atoms with Crippen molar-refractivity contribution in [2.75, 3.05) is 0 Å². The van der Waals surface area contributed by atoms with E-state index in [1.807, 2.05) is 42.1 Å². The van der Waals surface area contributed by atoms with Crippen LogP contribution in [0.1, 0.15) is 17.3 Å². The van der Waals surface area contributed by atoms with Crippen molar-refractivity contribution in [3.8, 4) is 12.3 Å². The monoisotopic (exact) mass is 199 g/mol. The van der Waals surface area contributed by atoms with Gasteiger partial charge in [-0.1, -0.05) is 12.1 Å². The van der Waals surface area contributed by atoms with Crippen molar-refractivity contribution in [1.29, 1.82) is 0 Å². The van der Waals surface area contributed by atoms with Gasteiger partial charge in [0.15, 0.2) is 0 Å². The van der Waals surface area contributed by atoms with E-state index in [2.05, 4.69) is 12.3 Å². The zero-order valence-electron chi connectivity index (χ0n) is 8.90. The third-order valence-corrected chi connectivity index (χ3v) is 2.05. The van der Waals surface area contributed by atoms with Gasteiger partial charge in [-0.3, -0.25) is 4.79 Å². The topological polar surface area (TPSA) is 22.0 Å². The summed E-state index contributed by atoms with van der Waals surface area (Å²) < 4.78 is 2.00. The average Bonchev–Trinajstić information content (AvgIpc) is 2.61. The van der Waals surface area contributed by atoms with Crippen LogP contribution in [0.15, 0.2) is 30.5 Å². The fourth-order valence-electron chi connectivity index (χ4n) is 1.35. The van der Waals surface area contributed by atoms with E-state index >= 15 is 0 Å². The first-order valence-corrected chi connectivity index (χ1v) is 4.60. The highest BCUT2D eigenvalue weighted by Crippen LogP contribution is 2.15. The molecule has 1 aromatic carbocycles. The predicted octanol–water partition coefficient (Wildman–Crippen LogP) is 2.63. The van der Waals surface area contributed by atoms with Crippen LogP contribution < -0.4 is 0 Å². The summed E-state index contributed by atoms with van der Waals surface area (Å²) in [6.07, 6.45) is 7.45. The number of carbonyl (C=O) groups excluding carboxylic acids is 1. The summed E-state index contributed by atoms with van der Waals surface area (Å²) in [5, 5.41) is 1.17. The van der Waals surface area contributed by atoms with E-state index in [1.54, 1.807) is 6.92 Å². The zero-order valence-corrected chi connectivity index (χ0v) is 8.90. The van der Waals surface area contributed by atoms with Crippen molar-refractivity contribution in [2.24, 2.45) is 7.05 Å². The van der Waals surface area contributed by atoms with Gasteiger partial charge in [-0.15, -0.1) is 12.3 Å². The number of hydrogen-bond donors (Lipinski definition) is 0. The number of aromatic nitrogens is 1. The Hall–Kier alpha value is -2.01. The molecule has 76 valence electrons. The first-order valence-electron chi connectivity index (χ1n) is 4.60. The van der Waals surface area contributed by atoms with Gasteiger partial charge < -0.3 is 4.57 Å². The van der Waals surface area contributed by atoms with Crippen LogP contribution in [0.3, 0.4) is 0 Å².